The van der Waals surface area contributed by atoms with Gasteiger partial charge in [0.05, 0.1) is 0 Å². The van der Waals surface area contributed by atoms with Gasteiger partial charge >= 0.3 is 0 Å². The zero-order chi connectivity index (χ0) is 9.26. The summed E-state index contributed by atoms with van der Waals surface area (Å²) in [4.78, 5) is 11.6. The summed E-state index contributed by atoms with van der Waals surface area (Å²) in [6, 6.07) is 8.97. The smallest absolute Gasteiger partial charge is 0.191 e. The molecule has 0 heterocycles. The van der Waals surface area contributed by atoms with Crippen molar-refractivity contribution < 1.29 is 9.90 Å². The van der Waals surface area contributed by atoms with Crippen LogP contribution < -0.4 is 0 Å². The minimum Gasteiger partial charge on any atom is -0.385 e. The lowest BCUT2D eigenvalue weighted by molar-refractivity contribution is 0.0704. The van der Waals surface area contributed by atoms with Gasteiger partial charge in [0.15, 0.2) is 5.78 Å². The zero-order valence-electron chi connectivity index (χ0n) is 7.31. The average molecular weight is 176 g/mol. The summed E-state index contributed by atoms with van der Waals surface area (Å²) in [5.74, 6) is 0.0795. The van der Waals surface area contributed by atoms with Crippen molar-refractivity contribution in [2.75, 3.05) is 0 Å². The third kappa shape index (κ3) is 1.78. The van der Waals surface area contributed by atoms with Crippen LogP contribution in [0, 0.1) is 5.92 Å². The van der Waals surface area contributed by atoms with Gasteiger partial charge in [0, 0.05) is 5.56 Å². The van der Waals surface area contributed by atoms with Gasteiger partial charge in [-0.25, -0.2) is 0 Å². The van der Waals surface area contributed by atoms with Gasteiger partial charge < -0.3 is 5.11 Å². The molecule has 1 aromatic rings. The predicted octanol–water partition coefficient (Wildman–Crippen LogP) is 1.64. The number of carbonyl (C=O) groups is 1. The minimum absolute atomic E-state index is 0.136. The summed E-state index contributed by atoms with van der Waals surface area (Å²) >= 11 is 0. The Labute approximate surface area is 77.2 Å². The van der Waals surface area contributed by atoms with E-state index in [1.54, 1.807) is 12.1 Å². The summed E-state index contributed by atoms with van der Waals surface area (Å²) in [5.41, 5.74) is 0.613. The molecule has 1 fully saturated rings. The third-order valence-corrected chi connectivity index (χ3v) is 2.40. The van der Waals surface area contributed by atoms with Gasteiger partial charge in [0.1, 0.15) is 6.10 Å². The van der Waals surface area contributed by atoms with Crippen molar-refractivity contribution in [1.29, 1.82) is 0 Å². The quantitative estimate of drug-likeness (QED) is 0.711. The molecule has 0 spiro atoms. The van der Waals surface area contributed by atoms with E-state index in [9.17, 15) is 9.90 Å². The van der Waals surface area contributed by atoms with Crippen molar-refractivity contribution in [2.45, 2.75) is 18.9 Å². The fraction of sp³-hybridized carbons (Fsp3) is 0.364. The first-order chi connectivity index (χ1) is 6.29. The monoisotopic (exact) mass is 176 g/mol. The Bertz CT molecular complexity index is 301. The van der Waals surface area contributed by atoms with Crippen LogP contribution in [0.15, 0.2) is 30.3 Å². The maximum Gasteiger partial charge on any atom is 0.191 e. The molecular weight excluding hydrogens is 164 g/mol. The van der Waals surface area contributed by atoms with E-state index in [1.165, 1.54) is 0 Å². The van der Waals surface area contributed by atoms with Crippen molar-refractivity contribution in [1.82, 2.24) is 0 Å². The van der Waals surface area contributed by atoms with Crippen molar-refractivity contribution in [2.24, 2.45) is 5.92 Å². The second-order valence-corrected chi connectivity index (χ2v) is 3.51. The van der Waals surface area contributed by atoms with Crippen LogP contribution in [0.3, 0.4) is 0 Å². The number of ketones is 1. The molecule has 2 nitrogen and oxygen atoms in total. The number of carbonyl (C=O) groups excluding carboxylic acids is 1. The van der Waals surface area contributed by atoms with Crippen LogP contribution in [-0.2, 0) is 0 Å². The van der Waals surface area contributed by atoms with Crippen LogP contribution in [0.2, 0.25) is 0 Å². The number of benzene rings is 1. The van der Waals surface area contributed by atoms with Crippen LogP contribution in [0.5, 0.6) is 0 Å². The molecule has 1 aromatic carbocycles. The van der Waals surface area contributed by atoms with Gasteiger partial charge in [-0.2, -0.15) is 0 Å². The summed E-state index contributed by atoms with van der Waals surface area (Å²) in [7, 11) is 0. The molecule has 0 amide bonds. The van der Waals surface area contributed by atoms with E-state index < -0.39 is 6.10 Å². The number of Topliss-reactive ketones (excluding diaryl/α,β-unsaturated/α-hetero) is 1. The highest BCUT2D eigenvalue weighted by atomic mass is 16.3. The Morgan fingerprint density at radius 3 is 2.46 bits per heavy atom. The van der Waals surface area contributed by atoms with Gasteiger partial charge in [0.25, 0.3) is 0 Å². The first-order valence-electron chi connectivity index (χ1n) is 4.56. The number of hydrogen-bond acceptors (Lipinski definition) is 2. The van der Waals surface area contributed by atoms with E-state index in [1.807, 2.05) is 18.2 Å². The maximum absolute atomic E-state index is 11.6. The Hall–Kier alpha value is -1.15. The number of hydrogen-bond donors (Lipinski definition) is 1. The first kappa shape index (κ1) is 8.45. The molecule has 2 rings (SSSR count). The molecule has 0 aliphatic heterocycles. The Morgan fingerprint density at radius 2 is 1.92 bits per heavy atom. The molecule has 0 saturated heterocycles. The SMILES string of the molecule is O=C(c1ccccc1)C(O)C1CC1. The molecule has 1 aliphatic carbocycles. The molecular formula is C11H12O2. The van der Waals surface area contributed by atoms with E-state index in [0.717, 1.165) is 12.8 Å². The molecule has 0 aromatic heterocycles. The van der Waals surface area contributed by atoms with Gasteiger partial charge in [-0.05, 0) is 18.8 Å². The molecule has 1 unspecified atom stereocenters. The molecule has 1 saturated carbocycles. The van der Waals surface area contributed by atoms with Gasteiger partial charge in [0.2, 0.25) is 0 Å². The molecule has 2 heteroatoms. The van der Waals surface area contributed by atoms with Crippen LogP contribution in [0.25, 0.3) is 0 Å². The van der Waals surface area contributed by atoms with Crippen LogP contribution in [-0.4, -0.2) is 17.0 Å². The van der Waals surface area contributed by atoms with Crippen LogP contribution in [0.1, 0.15) is 23.2 Å². The zero-order valence-corrected chi connectivity index (χ0v) is 7.31. The highest BCUT2D eigenvalue weighted by Crippen LogP contribution is 2.33. The van der Waals surface area contributed by atoms with Crippen molar-refractivity contribution in [3.63, 3.8) is 0 Å². The Morgan fingerprint density at radius 1 is 1.31 bits per heavy atom. The van der Waals surface area contributed by atoms with Crippen molar-refractivity contribution >= 4 is 5.78 Å². The number of aliphatic hydroxyl groups excluding tert-OH is 1. The highest BCUT2D eigenvalue weighted by molar-refractivity contribution is 5.99. The summed E-state index contributed by atoms with van der Waals surface area (Å²) in [5, 5.41) is 9.56. The fourth-order valence-corrected chi connectivity index (χ4v) is 1.40. The van der Waals surface area contributed by atoms with E-state index in [0.29, 0.717) is 5.56 Å². The van der Waals surface area contributed by atoms with E-state index >= 15 is 0 Å². The van der Waals surface area contributed by atoms with Gasteiger partial charge in [-0.15, -0.1) is 0 Å². The number of aliphatic hydroxyl groups is 1. The first-order valence-corrected chi connectivity index (χ1v) is 4.56. The lowest BCUT2D eigenvalue weighted by Crippen LogP contribution is -2.22. The molecule has 0 bridgehead atoms. The average Bonchev–Trinajstić information content (AvgIpc) is 3.00. The molecule has 13 heavy (non-hydrogen) atoms. The van der Waals surface area contributed by atoms with Crippen LogP contribution >= 0.6 is 0 Å². The van der Waals surface area contributed by atoms with Crippen molar-refractivity contribution in [3.05, 3.63) is 35.9 Å². The lowest BCUT2D eigenvalue weighted by atomic mass is 10.0. The van der Waals surface area contributed by atoms with Crippen LogP contribution in [0.4, 0.5) is 0 Å². The van der Waals surface area contributed by atoms with E-state index in [2.05, 4.69) is 0 Å². The largest absolute Gasteiger partial charge is 0.385 e. The van der Waals surface area contributed by atoms with E-state index in [-0.39, 0.29) is 11.7 Å². The standard InChI is InChI=1S/C11H12O2/c12-10(11(13)9-6-7-9)8-4-2-1-3-5-8/h1-5,9,11,13H,6-7H2. The van der Waals surface area contributed by atoms with E-state index in [4.69, 9.17) is 0 Å². The second kappa shape index (κ2) is 3.30. The molecule has 1 atom stereocenters. The Balaban J connectivity index is 2.12. The predicted molar refractivity (Wildman–Crippen MR) is 49.5 cm³/mol. The normalized spacial score (nSPS) is 18.2. The number of rotatable bonds is 3. The lowest BCUT2D eigenvalue weighted by Gasteiger charge is -2.06. The third-order valence-electron chi connectivity index (χ3n) is 2.40. The summed E-state index contributed by atoms with van der Waals surface area (Å²) in [6.45, 7) is 0. The van der Waals surface area contributed by atoms with Crippen molar-refractivity contribution in [3.8, 4) is 0 Å². The Kier molecular flexibility index (Phi) is 2.15. The second-order valence-electron chi connectivity index (χ2n) is 3.51. The molecule has 1 N–H and O–H groups in total. The molecule has 0 radical (unpaired) electrons. The van der Waals surface area contributed by atoms with Gasteiger partial charge in [-0.3, -0.25) is 4.79 Å². The highest BCUT2D eigenvalue weighted by Gasteiger charge is 2.34. The minimum atomic E-state index is -0.776. The topological polar surface area (TPSA) is 37.3 Å². The maximum atomic E-state index is 11.6. The summed E-state index contributed by atoms with van der Waals surface area (Å²) in [6.07, 6.45) is 1.20. The molecule has 1 aliphatic rings. The fourth-order valence-electron chi connectivity index (χ4n) is 1.40. The van der Waals surface area contributed by atoms with Gasteiger partial charge in [-0.1, -0.05) is 30.3 Å². The molecule has 68 valence electrons. The summed E-state index contributed by atoms with van der Waals surface area (Å²) < 4.78 is 0.